The fraction of sp³-hybridized carbons (Fsp3) is 0.633. The first kappa shape index (κ1) is 53.7. The van der Waals surface area contributed by atoms with Crippen molar-refractivity contribution >= 4 is 50.2 Å². The summed E-state index contributed by atoms with van der Waals surface area (Å²) >= 11 is 0. The Morgan fingerprint density at radius 3 is 1.62 bits per heavy atom. The van der Waals surface area contributed by atoms with Gasteiger partial charge in [0.05, 0.1) is 28.3 Å². The molecule has 1 saturated heterocycles. The van der Waals surface area contributed by atoms with Crippen LogP contribution in [0.4, 0.5) is 5.69 Å². The number of hydrogen-bond donors (Lipinski definition) is 1. The Balaban J connectivity index is 2.33. The number of para-hydroxylation sites is 1. The molecule has 2 aromatic carbocycles. The quantitative estimate of drug-likeness (QED) is 0.0784. The van der Waals surface area contributed by atoms with Gasteiger partial charge >= 0.3 is 23.9 Å². The van der Waals surface area contributed by atoms with Crippen LogP contribution in [0.15, 0.2) is 54.6 Å². The van der Waals surface area contributed by atoms with E-state index in [2.05, 4.69) is 39.2 Å². The van der Waals surface area contributed by atoms with Crippen LogP contribution in [0.3, 0.4) is 0 Å². The Hall–Kier alpha value is -4.60. The summed E-state index contributed by atoms with van der Waals surface area (Å²) in [6.07, 6.45) is -7.61. The van der Waals surface area contributed by atoms with E-state index in [9.17, 15) is 28.8 Å². The van der Waals surface area contributed by atoms with E-state index in [1.807, 2.05) is 18.2 Å². The molecule has 0 aliphatic carbocycles. The van der Waals surface area contributed by atoms with E-state index in [-0.39, 0.29) is 18.1 Å². The molecule has 356 valence electrons. The van der Waals surface area contributed by atoms with Gasteiger partial charge < -0.3 is 38.3 Å². The maximum Gasteiger partial charge on any atom is 0.311 e. The number of esters is 4. The van der Waals surface area contributed by atoms with E-state index < -0.39 is 103 Å². The highest BCUT2D eigenvalue weighted by molar-refractivity contribution is 6.74. The first-order valence-corrected chi connectivity index (χ1v) is 24.8. The molecule has 1 heterocycles. The number of ether oxygens (including phenoxy) is 5. The van der Waals surface area contributed by atoms with Crippen LogP contribution >= 0.6 is 0 Å². The van der Waals surface area contributed by atoms with Crippen LogP contribution in [0, 0.1) is 21.7 Å². The highest BCUT2D eigenvalue weighted by atomic mass is 28.4. The zero-order chi connectivity index (χ0) is 48.8. The van der Waals surface area contributed by atoms with Crippen molar-refractivity contribution in [2.24, 2.45) is 21.7 Å². The van der Waals surface area contributed by atoms with Gasteiger partial charge in [0.15, 0.2) is 32.9 Å². The van der Waals surface area contributed by atoms with Gasteiger partial charge in [0.1, 0.15) is 18.8 Å². The average molecular weight is 911 g/mol. The van der Waals surface area contributed by atoms with Crippen molar-refractivity contribution in [3.8, 4) is 0 Å². The van der Waals surface area contributed by atoms with Crippen LogP contribution in [0.25, 0.3) is 0 Å². The van der Waals surface area contributed by atoms with E-state index in [4.69, 9.17) is 28.1 Å². The Morgan fingerprint density at radius 1 is 0.672 bits per heavy atom. The number of carbonyl (C=O) groups excluding carboxylic acids is 6. The summed E-state index contributed by atoms with van der Waals surface area (Å²) in [6, 6.07) is 14.9. The molecule has 0 aromatic heterocycles. The molecule has 14 nitrogen and oxygen atoms in total. The third-order valence-corrected chi connectivity index (χ3v) is 15.7. The van der Waals surface area contributed by atoms with Gasteiger partial charge in [0.25, 0.3) is 0 Å². The second-order valence-corrected chi connectivity index (χ2v) is 27.0. The molecule has 2 amide bonds. The lowest BCUT2D eigenvalue weighted by molar-refractivity contribution is -0.282. The third-order valence-electron chi connectivity index (χ3n) is 11.2. The molecule has 1 aliphatic heterocycles. The van der Waals surface area contributed by atoms with E-state index in [0.717, 1.165) is 4.90 Å². The highest BCUT2D eigenvalue weighted by Gasteiger charge is 2.57. The average Bonchev–Trinajstić information content (AvgIpc) is 3.16. The van der Waals surface area contributed by atoms with Crippen molar-refractivity contribution in [2.45, 2.75) is 172 Å². The first-order valence-electron chi connectivity index (χ1n) is 21.9. The summed E-state index contributed by atoms with van der Waals surface area (Å²) in [5.41, 5.74) is -2.47. The summed E-state index contributed by atoms with van der Waals surface area (Å²) in [4.78, 5) is 84.8. The number of hydrogen-bond acceptors (Lipinski definition) is 12. The number of carbonyl (C=O) groups is 6. The van der Waals surface area contributed by atoms with Crippen molar-refractivity contribution < 1.29 is 56.9 Å². The van der Waals surface area contributed by atoms with Gasteiger partial charge in [-0.1, -0.05) is 69.3 Å². The fourth-order valence-corrected chi connectivity index (χ4v) is 6.84. The molecule has 0 radical (unpaired) electrons. The zero-order valence-corrected chi connectivity index (χ0v) is 42.2. The van der Waals surface area contributed by atoms with Gasteiger partial charge in [0.2, 0.25) is 12.3 Å². The van der Waals surface area contributed by atoms with E-state index in [0.29, 0.717) is 23.2 Å². The molecule has 0 unspecified atom stereocenters. The van der Waals surface area contributed by atoms with Crippen molar-refractivity contribution in [3.63, 3.8) is 0 Å². The van der Waals surface area contributed by atoms with Crippen molar-refractivity contribution in [2.75, 3.05) is 11.9 Å². The number of anilines is 1. The predicted molar refractivity (Wildman–Crippen MR) is 246 cm³/mol. The number of nitrogens with zero attached hydrogens (tertiary/aromatic N) is 1. The minimum absolute atomic E-state index is 0.0492. The lowest BCUT2D eigenvalue weighted by Gasteiger charge is -2.49. The molecule has 0 spiro atoms. The van der Waals surface area contributed by atoms with Gasteiger partial charge in [-0.15, -0.1) is 0 Å². The SMILES string of the molecule is CC(C)(C)C(=O)OC[C@H]1O[C@@H](N(C=O)[C@H](Cc2ccccc2)C(=O)Nc2ccccc2CO[Si](C)(C)C(C)(C)C)[C@H](OC(=O)C(C)(C)C)[C@@H](OC(=O)C(C)(C)C)[C@H]1OC(=O)C(C)(C)C. The Labute approximate surface area is 381 Å². The molecule has 1 aliphatic rings. The number of amides is 2. The van der Waals surface area contributed by atoms with Crippen molar-refractivity contribution in [3.05, 3.63) is 65.7 Å². The first-order chi connectivity index (χ1) is 29.2. The largest absolute Gasteiger partial charge is 0.462 e. The van der Waals surface area contributed by atoms with Crippen LogP contribution in [0.1, 0.15) is 115 Å². The van der Waals surface area contributed by atoms with Gasteiger partial charge in [-0.3, -0.25) is 28.8 Å². The van der Waals surface area contributed by atoms with Crippen LogP contribution in [-0.4, -0.2) is 92.7 Å². The maximum atomic E-state index is 14.9. The monoisotopic (exact) mass is 911 g/mol. The van der Waals surface area contributed by atoms with E-state index >= 15 is 0 Å². The number of benzene rings is 2. The van der Waals surface area contributed by atoms with E-state index in [1.165, 1.54) is 0 Å². The molecule has 1 N–H and O–H groups in total. The van der Waals surface area contributed by atoms with E-state index in [1.54, 1.807) is 119 Å². The highest BCUT2D eigenvalue weighted by Crippen LogP contribution is 2.39. The lowest BCUT2D eigenvalue weighted by atomic mass is 9.91. The third kappa shape index (κ3) is 14.5. The molecule has 15 heteroatoms. The number of nitrogens with one attached hydrogen (secondary N) is 1. The summed E-state index contributed by atoms with van der Waals surface area (Å²) in [5, 5.41) is 2.96. The molecular weight excluding hydrogens is 837 g/mol. The lowest BCUT2D eigenvalue weighted by Crippen LogP contribution is -2.68. The Bertz CT molecular complexity index is 1950. The van der Waals surface area contributed by atoms with Gasteiger partial charge in [-0.05, 0) is 118 Å². The second kappa shape index (κ2) is 20.7. The summed E-state index contributed by atoms with van der Waals surface area (Å²) in [7, 11) is -2.22. The standard InChI is InChI=1S/C49H74N2O12Si/c1-45(2,3)41(54)58-29-35-36(61-42(55)46(4,5)6)37(62-43(56)47(7,8)9)38(63-44(57)48(10,11)12)40(60-35)51(30-52)34(27-31-23-19-18-20-24-31)39(53)50-33-26-22-21-25-32(33)28-59-64(16,17)49(13,14)15/h18-26,30,34-38,40H,27-29H2,1-17H3,(H,50,53)/t34-,35-,36+,37+,38-,40-/m1/s1. The fourth-order valence-electron chi connectivity index (χ4n) is 5.89. The van der Waals surface area contributed by atoms with Crippen molar-refractivity contribution in [1.82, 2.24) is 4.90 Å². The molecule has 0 saturated carbocycles. The smallest absolute Gasteiger partial charge is 0.311 e. The van der Waals surface area contributed by atoms with Crippen LogP contribution < -0.4 is 5.32 Å². The molecule has 2 aromatic rings. The molecule has 0 bridgehead atoms. The minimum atomic E-state index is -2.22. The van der Waals surface area contributed by atoms with Crippen LogP contribution in [0.2, 0.25) is 18.1 Å². The molecule has 1 fully saturated rings. The normalized spacial score (nSPS) is 20.3. The van der Waals surface area contributed by atoms with Crippen molar-refractivity contribution in [1.29, 1.82) is 0 Å². The van der Waals surface area contributed by atoms with Crippen LogP contribution in [-0.2, 0) is 69.9 Å². The van der Waals surface area contributed by atoms with Crippen LogP contribution in [0.5, 0.6) is 0 Å². The molecular formula is C49H74N2O12Si. The molecule has 6 atom stereocenters. The zero-order valence-electron chi connectivity index (χ0n) is 41.2. The van der Waals surface area contributed by atoms with Gasteiger partial charge in [-0.2, -0.15) is 0 Å². The topological polar surface area (TPSA) is 173 Å². The number of rotatable bonds is 15. The summed E-state index contributed by atoms with van der Waals surface area (Å²) in [5.74, 6) is -3.51. The minimum Gasteiger partial charge on any atom is -0.462 e. The predicted octanol–water partition coefficient (Wildman–Crippen LogP) is 8.40. The molecule has 64 heavy (non-hydrogen) atoms. The summed E-state index contributed by atoms with van der Waals surface area (Å²) < 4.78 is 37.5. The van der Waals surface area contributed by atoms with Gasteiger partial charge in [-0.25, -0.2) is 0 Å². The Kier molecular flexibility index (Phi) is 17.4. The maximum absolute atomic E-state index is 14.9. The summed E-state index contributed by atoms with van der Waals surface area (Å²) in [6.45, 7) is 29.9. The second-order valence-electron chi connectivity index (χ2n) is 22.2. The molecule has 3 rings (SSSR count). The van der Waals surface area contributed by atoms with Gasteiger partial charge in [0, 0.05) is 12.1 Å². The Morgan fingerprint density at radius 2 is 1.14 bits per heavy atom.